The molecule has 0 heteroatoms. The summed E-state index contributed by atoms with van der Waals surface area (Å²) in [7, 11) is 0. The van der Waals surface area contributed by atoms with Gasteiger partial charge in [0.15, 0.2) is 0 Å². The summed E-state index contributed by atoms with van der Waals surface area (Å²) in [5.74, 6) is 0.903. The highest BCUT2D eigenvalue weighted by molar-refractivity contribution is 5.08. The zero-order chi connectivity index (χ0) is 13.6. The molecule has 0 N–H and O–H groups in total. The van der Waals surface area contributed by atoms with Crippen molar-refractivity contribution < 1.29 is 0 Å². The summed E-state index contributed by atoms with van der Waals surface area (Å²) in [5, 5.41) is 0. The Labute approximate surface area is 113 Å². The fourth-order valence-corrected chi connectivity index (χ4v) is 1.82. The lowest BCUT2D eigenvalue weighted by atomic mass is 9.86. The van der Waals surface area contributed by atoms with Crippen LogP contribution < -0.4 is 0 Å². The van der Waals surface area contributed by atoms with E-state index >= 15 is 0 Å². The highest BCUT2D eigenvalue weighted by Gasteiger charge is 2.12. The first-order chi connectivity index (χ1) is 8.79. The van der Waals surface area contributed by atoms with E-state index in [-0.39, 0.29) is 0 Å². The Bertz CT molecular complexity index is 304. The average molecular weight is 242 g/mol. The minimum atomic E-state index is 0.443. The smallest absolute Gasteiger partial charge is 0.0130 e. The molecule has 98 valence electrons. The van der Waals surface area contributed by atoms with E-state index in [2.05, 4.69) is 50.6 Å². The molecule has 0 aromatic carbocycles. The second-order valence-corrected chi connectivity index (χ2v) is 4.29. The Morgan fingerprint density at radius 1 is 0.722 bits per heavy atom. The lowest BCUT2D eigenvalue weighted by molar-refractivity contribution is 0.485. The summed E-state index contributed by atoms with van der Waals surface area (Å²) in [6, 6.07) is 0. The van der Waals surface area contributed by atoms with Crippen molar-refractivity contribution >= 4 is 0 Å². The molecule has 1 unspecified atom stereocenters. The summed E-state index contributed by atoms with van der Waals surface area (Å²) in [6.07, 6.45) is 20.5. The molecule has 0 saturated carbocycles. The number of allylic oxidation sites excluding steroid dienone is 8. The number of hydrogen-bond acceptors (Lipinski definition) is 0. The van der Waals surface area contributed by atoms with Crippen LogP contribution in [0.1, 0.15) is 25.7 Å². The lowest BCUT2D eigenvalue weighted by Crippen LogP contribution is -2.08. The van der Waals surface area contributed by atoms with E-state index in [4.69, 9.17) is 0 Å². The van der Waals surface area contributed by atoms with Gasteiger partial charge in [0.2, 0.25) is 0 Å². The van der Waals surface area contributed by atoms with Gasteiger partial charge in [-0.15, -0.1) is 26.3 Å². The normalized spacial score (nSPS) is 14.4. The van der Waals surface area contributed by atoms with Crippen molar-refractivity contribution in [1.29, 1.82) is 0 Å². The van der Waals surface area contributed by atoms with Crippen LogP contribution in [-0.4, -0.2) is 0 Å². The molecule has 18 heavy (non-hydrogen) atoms. The molecular formula is C18H26. The first-order valence-corrected chi connectivity index (χ1v) is 6.58. The molecule has 0 rings (SSSR count). The van der Waals surface area contributed by atoms with Crippen LogP contribution in [0.25, 0.3) is 0 Å². The molecular weight excluding hydrogens is 216 g/mol. The molecule has 0 nitrogen and oxygen atoms in total. The summed E-state index contributed by atoms with van der Waals surface area (Å²) < 4.78 is 0. The van der Waals surface area contributed by atoms with Gasteiger partial charge in [-0.3, -0.25) is 0 Å². The molecule has 0 aromatic rings. The van der Waals surface area contributed by atoms with Crippen molar-refractivity contribution in [2.75, 3.05) is 0 Å². The fraction of sp³-hybridized carbons (Fsp3) is 0.333. The summed E-state index contributed by atoms with van der Waals surface area (Å²) in [4.78, 5) is 0. The average Bonchev–Trinajstić information content (AvgIpc) is 2.39. The second-order valence-electron chi connectivity index (χ2n) is 4.29. The minimum Gasteiger partial charge on any atom is -0.103 e. The van der Waals surface area contributed by atoms with E-state index in [0.717, 1.165) is 25.7 Å². The summed E-state index contributed by atoms with van der Waals surface area (Å²) in [5.41, 5.74) is 0. The van der Waals surface area contributed by atoms with Gasteiger partial charge in [0, 0.05) is 0 Å². The van der Waals surface area contributed by atoms with Crippen molar-refractivity contribution in [2.24, 2.45) is 11.8 Å². The molecule has 0 radical (unpaired) electrons. The van der Waals surface area contributed by atoms with E-state index in [1.807, 2.05) is 24.3 Å². The van der Waals surface area contributed by atoms with Crippen molar-refractivity contribution in [3.05, 3.63) is 74.9 Å². The van der Waals surface area contributed by atoms with Crippen LogP contribution in [0.2, 0.25) is 0 Å². The molecule has 0 bridgehead atoms. The van der Waals surface area contributed by atoms with Crippen LogP contribution in [0.4, 0.5) is 0 Å². The van der Waals surface area contributed by atoms with E-state index < -0.39 is 0 Å². The van der Waals surface area contributed by atoms with Gasteiger partial charge in [-0.1, -0.05) is 48.6 Å². The van der Waals surface area contributed by atoms with E-state index in [9.17, 15) is 0 Å². The summed E-state index contributed by atoms with van der Waals surface area (Å²) in [6.45, 7) is 15.2. The van der Waals surface area contributed by atoms with Crippen LogP contribution in [-0.2, 0) is 0 Å². The fourth-order valence-electron chi connectivity index (χ4n) is 1.82. The Morgan fingerprint density at radius 2 is 1.39 bits per heavy atom. The largest absolute Gasteiger partial charge is 0.103 e. The van der Waals surface area contributed by atoms with Crippen LogP contribution in [0, 0.1) is 11.8 Å². The quantitative estimate of drug-likeness (QED) is 0.250. The first-order valence-electron chi connectivity index (χ1n) is 6.58. The maximum Gasteiger partial charge on any atom is -0.0130 e. The molecule has 2 atom stereocenters. The third-order valence-corrected chi connectivity index (χ3v) is 2.87. The molecule has 0 saturated heterocycles. The first kappa shape index (κ1) is 16.4. The zero-order valence-electron chi connectivity index (χ0n) is 11.4. The van der Waals surface area contributed by atoms with Gasteiger partial charge in [0.05, 0.1) is 0 Å². The Hall–Kier alpha value is -1.56. The molecule has 0 fully saturated rings. The maximum absolute atomic E-state index is 3.91. The van der Waals surface area contributed by atoms with Gasteiger partial charge >= 0.3 is 0 Å². The third-order valence-electron chi connectivity index (χ3n) is 2.87. The summed E-state index contributed by atoms with van der Waals surface area (Å²) >= 11 is 0. The predicted molar refractivity (Wildman–Crippen MR) is 84.5 cm³/mol. The zero-order valence-corrected chi connectivity index (χ0v) is 11.4. The highest BCUT2D eigenvalue weighted by atomic mass is 14.2. The second kappa shape index (κ2) is 11.9. The predicted octanol–water partition coefficient (Wildman–Crippen LogP) is 5.64. The minimum absolute atomic E-state index is 0.443. The molecule has 0 amide bonds. The van der Waals surface area contributed by atoms with Crippen molar-refractivity contribution in [3.63, 3.8) is 0 Å². The third kappa shape index (κ3) is 7.67. The van der Waals surface area contributed by atoms with Crippen LogP contribution >= 0.6 is 0 Å². The van der Waals surface area contributed by atoms with Crippen LogP contribution in [0.5, 0.6) is 0 Å². The van der Waals surface area contributed by atoms with Crippen LogP contribution in [0.3, 0.4) is 0 Å². The Morgan fingerprint density at radius 3 is 1.94 bits per heavy atom. The Balaban J connectivity index is 4.39. The van der Waals surface area contributed by atoms with Gasteiger partial charge < -0.3 is 0 Å². The Kier molecular flexibility index (Phi) is 10.9. The molecule has 0 aromatic heterocycles. The molecule has 0 heterocycles. The van der Waals surface area contributed by atoms with Gasteiger partial charge in [-0.25, -0.2) is 0 Å². The lowest BCUT2D eigenvalue weighted by Gasteiger charge is -2.18. The monoisotopic (exact) mass is 242 g/mol. The van der Waals surface area contributed by atoms with Crippen molar-refractivity contribution in [3.8, 4) is 0 Å². The number of unbranched alkanes of at least 4 members (excludes halogenated alkanes) is 1. The van der Waals surface area contributed by atoms with Gasteiger partial charge in [-0.2, -0.15) is 0 Å². The standard InChI is InChI=1S/C18H26/c1-5-9-10-11-12-13-16-18(15-7-3)17(8-4)14-6-2/h5-8,11-13,16-18H,1-4,9-10,14-15H2/b12-11+,16-13+/t17?,18-/m0/s1. The van der Waals surface area contributed by atoms with E-state index in [1.165, 1.54) is 0 Å². The topological polar surface area (TPSA) is 0 Å². The SMILES string of the molecule is C=CCC/C=C/C=C/[C@H](CC=C)C(C=C)CC=C. The molecule has 0 aliphatic carbocycles. The maximum atomic E-state index is 3.91. The van der Waals surface area contributed by atoms with Crippen molar-refractivity contribution in [1.82, 2.24) is 0 Å². The van der Waals surface area contributed by atoms with E-state index in [0.29, 0.717) is 11.8 Å². The number of rotatable bonds is 11. The molecule has 0 aliphatic heterocycles. The van der Waals surface area contributed by atoms with Crippen molar-refractivity contribution in [2.45, 2.75) is 25.7 Å². The van der Waals surface area contributed by atoms with Gasteiger partial charge in [0.1, 0.15) is 0 Å². The molecule has 0 spiro atoms. The number of hydrogen-bond donors (Lipinski definition) is 0. The van der Waals surface area contributed by atoms with E-state index in [1.54, 1.807) is 0 Å². The molecule has 0 aliphatic rings. The highest BCUT2D eigenvalue weighted by Crippen LogP contribution is 2.23. The van der Waals surface area contributed by atoms with Gasteiger partial charge in [0.25, 0.3) is 0 Å². The van der Waals surface area contributed by atoms with Crippen LogP contribution in [0.15, 0.2) is 74.9 Å². The van der Waals surface area contributed by atoms with Gasteiger partial charge in [-0.05, 0) is 37.5 Å².